The number of hydrogen-bond donors (Lipinski definition) is 2. The third-order valence-electron chi connectivity index (χ3n) is 2.74. The molecule has 5 heteroatoms. The molecule has 0 saturated carbocycles. The van der Waals surface area contributed by atoms with Crippen molar-refractivity contribution in [3.05, 3.63) is 42.1 Å². The third-order valence-corrected chi connectivity index (χ3v) is 2.74. The number of nitrogens with one attached hydrogen (secondary N) is 1. The largest absolute Gasteiger partial charge is 0.494 e. The number of nitrogens with zero attached hydrogens (tertiary/aromatic N) is 1. The summed E-state index contributed by atoms with van der Waals surface area (Å²) < 4.78 is 10.5. The number of rotatable bonds is 6. The van der Waals surface area contributed by atoms with E-state index in [0.29, 0.717) is 24.7 Å². The fourth-order valence-electron chi connectivity index (χ4n) is 1.81. The lowest BCUT2D eigenvalue weighted by molar-refractivity contribution is 0.340. The molecule has 0 amide bonds. The van der Waals surface area contributed by atoms with E-state index in [1.165, 1.54) is 0 Å². The highest BCUT2D eigenvalue weighted by atomic mass is 16.5. The highest BCUT2D eigenvalue weighted by Crippen LogP contribution is 2.23. The topological polar surface area (TPSA) is 69.4 Å². The lowest BCUT2D eigenvalue weighted by Crippen LogP contribution is -2.02. The van der Waals surface area contributed by atoms with E-state index < -0.39 is 0 Å². The Morgan fingerprint density at radius 3 is 2.75 bits per heavy atom. The molecular weight excluding hydrogens is 254 g/mol. The SMILES string of the molecule is CCOc1cc(N)cc(NCc2ccc(OC)nc2)c1. The number of aromatic nitrogens is 1. The number of ether oxygens (including phenoxy) is 2. The molecule has 0 unspecified atom stereocenters. The van der Waals surface area contributed by atoms with Crippen molar-refractivity contribution < 1.29 is 9.47 Å². The molecule has 1 aromatic heterocycles. The highest BCUT2D eigenvalue weighted by Gasteiger charge is 2.01. The Morgan fingerprint density at radius 2 is 2.10 bits per heavy atom. The molecule has 0 fully saturated rings. The standard InChI is InChI=1S/C15H19N3O2/c1-3-20-14-7-12(16)6-13(8-14)17-9-11-4-5-15(19-2)18-10-11/h4-8,10,17H,3,9,16H2,1-2H3. The molecule has 2 aromatic rings. The van der Waals surface area contributed by atoms with Crippen LogP contribution in [0.5, 0.6) is 11.6 Å². The first-order valence-electron chi connectivity index (χ1n) is 6.47. The third kappa shape index (κ3) is 3.78. The average Bonchev–Trinajstić information content (AvgIpc) is 2.45. The Bertz CT molecular complexity index is 556. The van der Waals surface area contributed by atoms with E-state index in [-0.39, 0.29) is 0 Å². The van der Waals surface area contributed by atoms with Crippen molar-refractivity contribution >= 4 is 11.4 Å². The van der Waals surface area contributed by atoms with Crippen LogP contribution in [0.2, 0.25) is 0 Å². The van der Waals surface area contributed by atoms with E-state index in [2.05, 4.69) is 10.3 Å². The van der Waals surface area contributed by atoms with Gasteiger partial charge in [-0.05, 0) is 18.6 Å². The molecule has 0 spiro atoms. The first kappa shape index (κ1) is 14.0. The molecule has 0 aliphatic heterocycles. The molecule has 0 atom stereocenters. The van der Waals surface area contributed by atoms with Crippen molar-refractivity contribution in [3.8, 4) is 11.6 Å². The predicted octanol–water partition coefficient (Wildman–Crippen LogP) is 2.68. The van der Waals surface area contributed by atoms with Crippen LogP contribution in [0.4, 0.5) is 11.4 Å². The molecule has 0 aliphatic carbocycles. The van der Waals surface area contributed by atoms with E-state index in [1.807, 2.05) is 37.3 Å². The first-order chi connectivity index (χ1) is 9.71. The minimum atomic E-state index is 0.608. The van der Waals surface area contributed by atoms with Crippen LogP contribution in [0.15, 0.2) is 36.5 Å². The van der Waals surface area contributed by atoms with Crippen molar-refractivity contribution in [1.29, 1.82) is 0 Å². The summed E-state index contributed by atoms with van der Waals surface area (Å²) in [5.74, 6) is 1.37. The molecule has 1 heterocycles. The van der Waals surface area contributed by atoms with E-state index in [0.717, 1.165) is 17.0 Å². The Hall–Kier alpha value is -2.43. The smallest absolute Gasteiger partial charge is 0.212 e. The number of pyridine rings is 1. The Labute approximate surface area is 118 Å². The van der Waals surface area contributed by atoms with Gasteiger partial charge in [-0.25, -0.2) is 4.98 Å². The number of methoxy groups -OCH3 is 1. The van der Waals surface area contributed by atoms with Gasteiger partial charge in [-0.3, -0.25) is 0 Å². The predicted molar refractivity (Wildman–Crippen MR) is 80.1 cm³/mol. The van der Waals surface area contributed by atoms with E-state index in [9.17, 15) is 0 Å². The molecule has 1 aromatic carbocycles. The van der Waals surface area contributed by atoms with E-state index in [1.54, 1.807) is 13.3 Å². The number of hydrogen-bond acceptors (Lipinski definition) is 5. The normalized spacial score (nSPS) is 10.1. The van der Waals surface area contributed by atoms with Crippen LogP contribution in [0.3, 0.4) is 0 Å². The van der Waals surface area contributed by atoms with Gasteiger partial charge in [-0.2, -0.15) is 0 Å². The second-order valence-electron chi connectivity index (χ2n) is 4.29. The van der Waals surface area contributed by atoms with Crippen molar-refractivity contribution in [2.75, 3.05) is 24.8 Å². The fraction of sp³-hybridized carbons (Fsp3) is 0.267. The Morgan fingerprint density at radius 1 is 1.25 bits per heavy atom. The molecule has 0 radical (unpaired) electrons. The molecule has 5 nitrogen and oxygen atoms in total. The molecule has 2 rings (SSSR count). The molecule has 20 heavy (non-hydrogen) atoms. The van der Waals surface area contributed by atoms with Gasteiger partial charge in [0.15, 0.2) is 0 Å². The zero-order valence-corrected chi connectivity index (χ0v) is 11.7. The maximum atomic E-state index is 5.85. The zero-order valence-electron chi connectivity index (χ0n) is 11.7. The Kier molecular flexibility index (Phi) is 4.65. The van der Waals surface area contributed by atoms with Crippen molar-refractivity contribution in [3.63, 3.8) is 0 Å². The van der Waals surface area contributed by atoms with Crippen LogP contribution in [-0.4, -0.2) is 18.7 Å². The minimum absolute atomic E-state index is 0.608. The van der Waals surface area contributed by atoms with Crippen LogP contribution in [0.1, 0.15) is 12.5 Å². The molecule has 3 N–H and O–H groups in total. The van der Waals surface area contributed by atoms with Crippen LogP contribution in [0.25, 0.3) is 0 Å². The van der Waals surface area contributed by atoms with Crippen LogP contribution in [-0.2, 0) is 6.54 Å². The second-order valence-corrected chi connectivity index (χ2v) is 4.29. The van der Waals surface area contributed by atoms with E-state index in [4.69, 9.17) is 15.2 Å². The molecular formula is C15H19N3O2. The number of nitrogen functional groups attached to an aromatic ring is 1. The van der Waals surface area contributed by atoms with Gasteiger partial charge < -0.3 is 20.5 Å². The summed E-state index contributed by atoms with van der Waals surface area (Å²) >= 11 is 0. The maximum absolute atomic E-state index is 5.85. The van der Waals surface area contributed by atoms with Gasteiger partial charge in [0.05, 0.1) is 13.7 Å². The molecule has 106 valence electrons. The fourth-order valence-corrected chi connectivity index (χ4v) is 1.81. The van der Waals surface area contributed by atoms with Gasteiger partial charge in [0.2, 0.25) is 5.88 Å². The highest BCUT2D eigenvalue weighted by molar-refractivity contribution is 5.59. The molecule has 0 bridgehead atoms. The van der Waals surface area contributed by atoms with Crippen LogP contribution < -0.4 is 20.5 Å². The number of nitrogens with two attached hydrogens (primary N) is 1. The maximum Gasteiger partial charge on any atom is 0.212 e. The Balaban J connectivity index is 2.02. The van der Waals surface area contributed by atoms with Crippen LogP contribution >= 0.6 is 0 Å². The summed E-state index contributed by atoms with van der Waals surface area (Å²) in [5, 5.41) is 3.30. The van der Waals surface area contributed by atoms with Crippen molar-refractivity contribution in [2.24, 2.45) is 0 Å². The lowest BCUT2D eigenvalue weighted by Gasteiger charge is -2.10. The number of benzene rings is 1. The summed E-state index contributed by atoms with van der Waals surface area (Å²) in [6, 6.07) is 9.41. The summed E-state index contributed by atoms with van der Waals surface area (Å²) in [6.45, 7) is 3.22. The van der Waals surface area contributed by atoms with Gasteiger partial charge in [0.1, 0.15) is 5.75 Å². The van der Waals surface area contributed by atoms with Gasteiger partial charge in [0.25, 0.3) is 0 Å². The summed E-state index contributed by atoms with van der Waals surface area (Å²) in [6.07, 6.45) is 1.78. The lowest BCUT2D eigenvalue weighted by atomic mass is 10.2. The summed E-state index contributed by atoms with van der Waals surface area (Å²) in [5.41, 5.74) is 8.50. The van der Waals surface area contributed by atoms with Gasteiger partial charge in [0, 0.05) is 42.3 Å². The minimum Gasteiger partial charge on any atom is -0.494 e. The summed E-state index contributed by atoms with van der Waals surface area (Å²) in [7, 11) is 1.60. The number of anilines is 2. The first-order valence-corrected chi connectivity index (χ1v) is 6.47. The van der Waals surface area contributed by atoms with Crippen LogP contribution in [0, 0.1) is 0 Å². The summed E-state index contributed by atoms with van der Waals surface area (Å²) in [4.78, 5) is 4.16. The van der Waals surface area contributed by atoms with Gasteiger partial charge in [-0.1, -0.05) is 6.07 Å². The monoisotopic (exact) mass is 273 g/mol. The van der Waals surface area contributed by atoms with Crippen molar-refractivity contribution in [2.45, 2.75) is 13.5 Å². The molecule has 0 saturated heterocycles. The van der Waals surface area contributed by atoms with Crippen molar-refractivity contribution in [1.82, 2.24) is 4.98 Å². The quantitative estimate of drug-likeness (QED) is 0.792. The van der Waals surface area contributed by atoms with E-state index >= 15 is 0 Å². The second kappa shape index (κ2) is 6.65. The average molecular weight is 273 g/mol. The van der Waals surface area contributed by atoms with Gasteiger partial charge in [-0.15, -0.1) is 0 Å². The molecule has 0 aliphatic rings. The zero-order chi connectivity index (χ0) is 14.4. The van der Waals surface area contributed by atoms with Gasteiger partial charge >= 0.3 is 0 Å².